The van der Waals surface area contributed by atoms with Crippen LogP contribution in [0.5, 0.6) is 0 Å². The Morgan fingerprint density at radius 2 is 1.88 bits per heavy atom. The molecule has 0 aromatic heterocycles. The van der Waals surface area contributed by atoms with E-state index in [2.05, 4.69) is 33.9 Å². The van der Waals surface area contributed by atoms with Crippen molar-refractivity contribution in [3.05, 3.63) is 88.5 Å². The zero-order chi connectivity index (χ0) is 29.7. The van der Waals surface area contributed by atoms with Crippen molar-refractivity contribution in [3.63, 3.8) is 0 Å². The van der Waals surface area contributed by atoms with Crippen LogP contribution in [0.4, 0.5) is 30.2 Å². The number of anilines is 2. The highest BCUT2D eigenvalue weighted by Gasteiger charge is 2.35. The molecule has 1 N–H and O–H groups in total. The first-order chi connectivity index (χ1) is 19.5. The van der Waals surface area contributed by atoms with Gasteiger partial charge in [0.15, 0.2) is 0 Å². The quantitative estimate of drug-likeness (QED) is 0.213. The first-order valence-electron chi connectivity index (χ1n) is 13.3. The fourth-order valence-electron chi connectivity index (χ4n) is 4.86. The van der Waals surface area contributed by atoms with Crippen molar-refractivity contribution in [2.24, 2.45) is 4.99 Å². The number of aliphatic imine (C=N–C) groups is 1. The molecule has 6 nitrogen and oxygen atoms in total. The van der Waals surface area contributed by atoms with E-state index in [4.69, 9.17) is 0 Å². The number of aryl methyl sites for hydroxylation is 1. The molecule has 3 aromatic carbocycles. The molecule has 41 heavy (non-hydrogen) atoms. The zero-order valence-electron chi connectivity index (χ0n) is 23.7. The summed E-state index contributed by atoms with van der Waals surface area (Å²) in [6.45, 7) is 7.13. The van der Waals surface area contributed by atoms with Crippen molar-refractivity contribution < 1.29 is 18.0 Å². The van der Waals surface area contributed by atoms with Gasteiger partial charge in [-0.3, -0.25) is 14.7 Å². The van der Waals surface area contributed by atoms with Gasteiger partial charge in [0.2, 0.25) is 0 Å². The molecule has 9 heteroatoms. The first-order valence-corrected chi connectivity index (χ1v) is 13.3. The molecule has 1 fully saturated rings. The number of carbonyl (C=O) groups is 1. The fourth-order valence-corrected chi connectivity index (χ4v) is 4.86. The minimum atomic E-state index is -4.55. The van der Waals surface area contributed by atoms with Gasteiger partial charge in [-0.25, -0.2) is 0 Å². The Hall–Kier alpha value is -4.13. The normalized spacial score (nSPS) is 15.4. The van der Waals surface area contributed by atoms with Gasteiger partial charge >= 0.3 is 6.18 Å². The maximum atomic E-state index is 14.0. The van der Waals surface area contributed by atoms with Crippen molar-refractivity contribution in [2.45, 2.75) is 32.1 Å². The Bertz CT molecular complexity index is 1490. The van der Waals surface area contributed by atoms with Crippen LogP contribution in [0.15, 0.2) is 65.7 Å². The molecular formula is C32H34F3N5O. The standard InChI is InChI=1S/C32H34F3N5O/c1-22-10-11-24(18-23(22)14-16-39(5)30-9-7-6-8-29(30)36-2)31(41)37-26-13-12-25(28(19-26)32(33,34)35)20-40-17-15-27(21-40)38(3)4/h6-13,18-19,27H,2,15,17,20-21H2,1,3-5H3,(H,37,41)/t27-/m1/s1. The number of halogens is 3. The van der Waals surface area contributed by atoms with Gasteiger partial charge in [-0.05, 0) is 87.6 Å². The molecule has 1 heterocycles. The predicted molar refractivity (Wildman–Crippen MR) is 159 cm³/mol. The third kappa shape index (κ3) is 7.34. The number of carbonyl (C=O) groups excluding carboxylic acids is 1. The number of nitrogens with one attached hydrogen (secondary N) is 1. The lowest BCUT2D eigenvalue weighted by molar-refractivity contribution is -0.138. The van der Waals surface area contributed by atoms with Crippen LogP contribution in [0.1, 0.15) is 39.0 Å². The van der Waals surface area contributed by atoms with E-state index in [1.54, 1.807) is 30.1 Å². The van der Waals surface area contributed by atoms with Crippen LogP contribution in [0.3, 0.4) is 0 Å². The van der Waals surface area contributed by atoms with Gasteiger partial charge in [0, 0.05) is 55.6 Å². The van der Waals surface area contributed by atoms with Crippen LogP contribution < -0.4 is 10.2 Å². The van der Waals surface area contributed by atoms with Crippen LogP contribution in [-0.4, -0.2) is 62.7 Å². The highest BCUT2D eigenvalue weighted by molar-refractivity contribution is 6.04. The number of hydrogen-bond acceptors (Lipinski definition) is 5. The van der Waals surface area contributed by atoms with E-state index in [-0.39, 0.29) is 17.8 Å². The second kappa shape index (κ2) is 12.6. The molecule has 1 amide bonds. The summed E-state index contributed by atoms with van der Waals surface area (Å²) < 4.78 is 42.1. The number of alkyl halides is 3. The van der Waals surface area contributed by atoms with Gasteiger partial charge in [-0.1, -0.05) is 24.3 Å². The molecular weight excluding hydrogens is 527 g/mol. The molecule has 0 spiro atoms. The lowest BCUT2D eigenvalue weighted by Gasteiger charge is -2.22. The summed E-state index contributed by atoms with van der Waals surface area (Å²) in [4.78, 5) is 22.9. The second-order valence-electron chi connectivity index (χ2n) is 10.4. The van der Waals surface area contributed by atoms with E-state index in [0.717, 1.165) is 36.8 Å². The molecule has 0 unspecified atom stereocenters. The Kier molecular flexibility index (Phi) is 9.16. The van der Waals surface area contributed by atoms with E-state index in [0.29, 0.717) is 22.9 Å². The number of benzene rings is 3. The van der Waals surface area contributed by atoms with E-state index < -0.39 is 17.6 Å². The first kappa shape index (κ1) is 29.8. The number of rotatable bonds is 7. The Morgan fingerprint density at radius 1 is 1.12 bits per heavy atom. The summed E-state index contributed by atoms with van der Waals surface area (Å²) in [7, 11) is 5.77. The Balaban J connectivity index is 1.52. The Labute approximate surface area is 239 Å². The second-order valence-corrected chi connectivity index (χ2v) is 10.4. The van der Waals surface area contributed by atoms with Crippen molar-refractivity contribution in [1.82, 2.24) is 9.80 Å². The van der Waals surface area contributed by atoms with Crippen LogP contribution >= 0.6 is 0 Å². The fraction of sp³-hybridized carbons (Fsp3) is 0.312. The van der Waals surface area contributed by atoms with Gasteiger partial charge in [-0.15, -0.1) is 0 Å². The number of amides is 1. The maximum Gasteiger partial charge on any atom is 0.416 e. The van der Waals surface area contributed by atoms with Crippen molar-refractivity contribution >= 4 is 29.7 Å². The molecule has 3 aromatic rings. The van der Waals surface area contributed by atoms with Crippen LogP contribution in [0.2, 0.25) is 0 Å². The van der Waals surface area contributed by atoms with Gasteiger partial charge in [0.25, 0.3) is 5.91 Å². The van der Waals surface area contributed by atoms with E-state index in [9.17, 15) is 18.0 Å². The van der Waals surface area contributed by atoms with E-state index >= 15 is 0 Å². The highest BCUT2D eigenvalue weighted by Crippen LogP contribution is 2.35. The van der Waals surface area contributed by atoms with Crippen LogP contribution in [0.25, 0.3) is 0 Å². The molecule has 214 valence electrons. The maximum absolute atomic E-state index is 14.0. The predicted octanol–water partition coefficient (Wildman–Crippen LogP) is 6.18. The smallest absolute Gasteiger partial charge is 0.322 e. The van der Waals surface area contributed by atoms with Gasteiger partial charge in [0.05, 0.1) is 16.9 Å². The van der Waals surface area contributed by atoms with E-state index in [1.165, 1.54) is 12.1 Å². The van der Waals surface area contributed by atoms with Crippen LogP contribution in [0, 0.1) is 18.9 Å². The average Bonchev–Trinajstić information content (AvgIpc) is 3.41. The summed E-state index contributed by atoms with van der Waals surface area (Å²) in [6, 6.07) is 19.8. The summed E-state index contributed by atoms with van der Waals surface area (Å²) in [5.74, 6) is 2.56. The summed E-state index contributed by atoms with van der Waals surface area (Å²) in [5.41, 5.74) is 2.79. The van der Waals surface area contributed by atoms with Gasteiger partial charge < -0.3 is 15.1 Å². The highest BCUT2D eigenvalue weighted by atomic mass is 19.4. The molecule has 0 bridgehead atoms. The lowest BCUT2D eigenvalue weighted by Crippen LogP contribution is -2.31. The SMILES string of the molecule is C=Nc1ccccc1N(C)C#Cc1cc(C(=O)Nc2ccc(CN3CC[C@@H](N(C)C)C3)c(C(F)(F)F)c2)ccc1C. The number of likely N-dealkylation sites (N-methyl/N-ethyl adjacent to an activating group) is 1. The number of hydrogen-bond donors (Lipinski definition) is 1. The third-order valence-electron chi connectivity index (χ3n) is 7.32. The largest absolute Gasteiger partial charge is 0.416 e. The van der Waals surface area contributed by atoms with Gasteiger partial charge in [-0.2, -0.15) is 13.2 Å². The third-order valence-corrected chi connectivity index (χ3v) is 7.32. The molecule has 0 saturated carbocycles. The van der Waals surface area contributed by atoms with Gasteiger partial charge in [0.1, 0.15) is 0 Å². The molecule has 1 saturated heterocycles. The molecule has 0 radical (unpaired) electrons. The Morgan fingerprint density at radius 3 is 2.56 bits per heavy atom. The minimum absolute atomic E-state index is 0.0835. The molecule has 1 aliphatic rings. The molecule has 1 aliphatic heterocycles. The lowest BCUT2D eigenvalue weighted by atomic mass is 10.0. The summed E-state index contributed by atoms with van der Waals surface area (Å²) in [5, 5.41) is 2.63. The topological polar surface area (TPSA) is 51.2 Å². The van der Waals surface area contributed by atoms with Crippen molar-refractivity contribution in [3.8, 4) is 12.0 Å². The van der Waals surface area contributed by atoms with Crippen LogP contribution in [-0.2, 0) is 12.7 Å². The number of para-hydroxylation sites is 2. The average molecular weight is 562 g/mol. The minimum Gasteiger partial charge on any atom is -0.322 e. The summed E-state index contributed by atoms with van der Waals surface area (Å²) in [6.07, 6.45) is -3.63. The molecule has 0 aliphatic carbocycles. The van der Waals surface area contributed by atoms with Crippen molar-refractivity contribution in [2.75, 3.05) is 44.4 Å². The van der Waals surface area contributed by atoms with E-state index in [1.807, 2.05) is 50.2 Å². The number of nitrogens with zero attached hydrogens (tertiary/aromatic N) is 4. The zero-order valence-corrected chi connectivity index (χ0v) is 23.7. The molecule has 1 atom stereocenters. The molecule has 4 rings (SSSR count). The summed E-state index contributed by atoms with van der Waals surface area (Å²) >= 11 is 0. The monoisotopic (exact) mass is 561 g/mol. The van der Waals surface area contributed by atoms with Crippen molar-refractivity contribution in [1.29, 1.82) is 0 Å². The number of likely N-dealkylation sites (tertiary alicyclic amines) is 1.